The van der Waals surface area contributed by atoms with Gasteiger partial charge in [-0.1, -0.05) is 83.1 Å². The topological polar surface area (TPSA) is 109 Å². The van der Waals surface area contributed by atoms with E-state index in [9.17, 15) is 24.3 Å². The SMILES string of the molecule is CC(C)Cn1c(C(NC(=O)O)C(C)(C)C)c(-c2ccccc2)c2cc(CN3C(=O)c4ccccc4C3=O)ccc2c1=O. The number of nitrogens with one attached hydrogen (secondary N) is 1. The lowest BCUT2D eigenvalue weighted by atomic mass is 9.80. The Labute approximate surface area is 244 Å². The van der Waals surface area contributed by atoms with Crippen molar-refractivity contribution in [1.82, 2.24) is 14.8 Å². The van der Waals surface area contributed by atoms with Crippen molar-refractivity contribution in [3.05, 3.63) is 106 Å². The van der Waals surface area contributed by atoms with Gasteiger partial charge in [-0.15, -0.1) is 0 Å². The summed E-state index contributed by atoms with van der Waals surface area (Å²) in [6, 6.07) is 21.0. The first kappa shape index (κ1) is 28.8. The van der Waals surface area contributed by atoms with Gasteiger partial charge in [-0.3, -0.25) is 19.3 Å². The highest BCUT2D eigenvalue weighted by molar-refractivity contribution is 6.21. The Bertz CT molecular complexity index is 1730. The first-order valence-electron chi connectivity index (χ1n) is 14.1. The second-order valence-electron chi connectivity index (χ2n) is 12.3. The van der Waals surface area contributed by atoms with Gasteiger partial charge in [0.05, 0.1) is 29.4 Å². The minimum Gasteiger partial charge on any atom is -0.465 e. The maximum atomic E-state index is 14.2. The monoisotopic (exact) mass is 565 g/mol. The maximum Gasteiger partial charge on any atom is 0.405 e. The van der Waals surface area contributed by atoms with Crippen molar-refractivity contribution in [2.24, 2.45) is 11.3 Å². The fourth-order valence-corrected chi connectivity index (χ4v) is 5.75. The number of pyridine rings is 1. The first-order chi connectivity index (χ1) is 19.9. The molecule has 1 atom stereocenters. The summed E-state index contributed by atoms with van der Waals surface area (Å²) in [7, 11) is 0. The molecule has 3 amide bonds. The fourth-order valence-electron chi connectivity index (χ4n) is 5.75. The summed E-state index contributed by atoms with van der Waals surface area (Å²) in [5.41, 5.74) is 2.78. The van der Waals surface area contributed by atoms with E-state index < -0.39 is 17.6 Å². The molecular weight excluding hydrogens is 530 g/mol. The molecule has 8 heteroatoms. The van der Waals surface area contributed by atoms with E-state index in [4.69, 9.17) is 0 Å². The molecular formula is C34H35N3O5. The zero-order valence-electron chi connectivity index (χ0n) is 24.5. The highest BCUT2D eigenvalue weighted by atomic mass is 16.4. The number of carboxylic acid groups (broad SMARTS) is 1. The van der Waals surface area contributed by atoms with Gasteiger partial charge in [0.2, 0.25) is 0 Å². The van der Waals surface area contributed by atoms with Crippen LogP contribution < -0.4 is 10.9 Å². The molecule has 2 N–H and O–H groups in total. The molecule has 216 valence electrons. The van der Waals surface area contributed by atoms with Crippen molar-refractivity contribution in [2.75, 3.05) is 0 Å². The van der Waals surface area contributed by atoms with E-state index in [0.29, 0.717) is 39.7 Å². The van der Waals surface area contributed by atoms with E-state index in [-0.39, 0.29) is 29.8 Å². The molecule has 0 bridgehead atoms. The lowest BCUT2D eigenvalue weighted by Crippen LogP contribution is -2.40. The van der Waals surface area contributed by atoms with Gasteiger partial charge >= 0.3 is 6.09 Å². The van der Waals surface area contributed by atoms with Crippen LogP contribution in [-0.2, 0) is 13.1 Å². The molecule has 1 aliphatic rings. The summed E-state index contributed by atoms with van der Waals surface area (Å²) >= 11 is 0. The molecule has 8 nitrogen and oxygen atoms in total. The van der Waals surface area contributed by atoms with Gasteiger partial charge in [-0.25, -0.2) is 4.79 Å². The Balaban J connectivity index is 1.79. The van der Waals surface area contributed by atoms with Crippen LogP contribution in [0, 0.1) is 11.3 Å². The predicted octanol–water partition coefficient (Wildman–Crippen LogP) is 6.48. The molecule has 4 aromatic rings. The number of nitrogens with zero attached hydrogens (tertiary/aromatic N) is 2. The van der Waals surface area contributed by atoms with E-state index >= 15 is 0 Å². The van der Waals surface area contributed by atoms with Gasteiger partial charge in [0.25, 0.3) is 17.4 Å². The third-order valence-corrected chi connectivity index (χ3v) is 7.61. The van der Waals surface area contributed by atoms with Crippen LogP contribution in [0.1, 0.15) is 72.6 Å². The molecule has 0 radical (unpaired) electrons. The van der Waals surface area contributed by atoms with Gasteiger partial charge in [0, 0.05) is 17.5 Å². The van der Waals surface area contributed by atoms with E-state index in [1.807, 2.05) is 71.0 Å². The lowest BCUT2D eigenvalue weighted by molar-refractivity contribution is 0.0642. The van der Waals surface area contributed by atoms with Crippen LogP contribution >= 0.6 is 0 Å². The van der Waals surface area contributed by atoms with Crippen LogP contribution in [0.5, 0.6) is 0 Å². The van der Waals surface area contributed by atoms with Crippen molar-refractivity contribution in [1.29, 1.82) is 0 Å². The number of imide groups is 1. The van der Waals surface area contributed by atoms with E-state index in [1.54, 1.807) is 41.0 Å². The normalized spacial score (nSPS) is 14.0. The average Bonchev–Trinajstić information content (AvgIpc) is 3.17. The number of carbonyl (C=O) groups excluding carboxylic acids is 2. The van der Waals surface area contributed by atoms with Crippen LogP contribution in [0.4, 0.5) is 4.79 Å². The van der Waals surface area contributed by atoms with Crippen LogP contribution in [0.2, 0.25) is 0 Å². The number of carbonyl (C=O) groups is 3. The summed E-state index contributed by atoms with van der Waals surface area (Å²) in [5, 5.41) is 13.7. The van der Waals surface area contributed by atoms with Gasteiger partial charge in [-0.2, -0.15) is 0 Å². The number of aromatic nitrogens is 1. The summed E-state index contributed by atoms with van der Waals surface area (Å²) in [5.74, 6) is -0.600. The molecule has 0 spiro atoms. The molecule has 42 heavy (non-hydrogen) atoms. The summed E-state index contributed by atoms with van der Waals surface area (Å²) < 4.78 is 1.71. The Hall–Kier alpha value is -4.72. The Kier molecular flexibility index (Phi) is 7.49. The Morgan fingerprint density at radius 1 is 0.857 bits per heavy atom. The van der Waals surface area contributed by atoms with Crippen molar-refractivity contribution in [3.63, 3.8) is 0 Å². The molecule has 0 fully saturated rings. The summed E-state index contributed by atoms with van der Waals surface area (Å²) in [6.07, 6.45) is -1.18. The first-order valence-corrected chi connectivity index (χ1v) is 14.1. The smallest absolute Gasteiger partial charge is 0.405 e. The second-order valence-corrected chi connectivity index (χ2v) is 12.3. The van der Waals surface area contributed by atoms with E-state index in [0.717, 1.165) is 11.1 Å². The second kappa shape index (κ2) is 10.9. The third-order valence-electron chi connectivity index (χ3n) is 7.61. The molecule has 0 saturated heterocycles. The third kappa shape index (κ3) is 5.20. The largest absolute Gasteiger partial charge is 0.465 e. The standard InChI is InChI=1S/C34H35N3O5/c1-20(2)18-36-28(29(34(3,4)5)35-33(41)42)27(22-11-7-6-8-12-22)26-17-21(15-16-25(26)30(36)38)19-37-31(39)23-13-9-10-14-24(23)32(37)40/h6-17,20,29,35H,18-19H2,1-5H3,(H,41,42). The number of fused-ring (bicyclic) bond motifs is 2. The lowest BCUT2D eigenvalue weighted by Gasteiger charge is -2.35. The van der Waals surface area contributed by atoms with Crippen LogP contribution in [0.15, 0.2) is 77.6 Å². The predicted molar refractivity (Wildman–Crippen MR) is 162 cm³/mol. The van der Waals surface area contributed by atoms with Gasteiger partial charge in [0.1, 0.15) is 0 Å². The zero-order chi connectivity index (χ0) is 30.3. The number of amides is 3. The molecule has 2 heterocycles. The van der Waals surface area contributed by atoms with Crippen LogP contribution in [0.3, 0.4) is 0 Å². The van der Waals surface area contributed by atoms with Crippen LogP contribution in [0.25, 0.3) is 21.9 Å². The zero-order valence-corrected chi connectivity index (χ0v) is 24.5. The van der Waals surface area contributed by atoms with Crippen LogP contribution in [-0.4, -0.2) is 32.5 Å². The number of hydrogen-bond donors (Lipinski definition) is 2. The van der Waals surface area contributed by atoms with Gasteiger partial charge in [-0.05, 0) is 52.1 Å². The molecule has 1 aliphatic heterocycles. The van der Waals surface area contributed by atoms with Crippen molar-refractivity contribution in [2.45, 2.75) is 53.8 Å². The van der Waals surface area contributed by atoms with Gasteiger partial charge < -0.3 is 15.0 Å². The molecule has 0 aliphatic carbocycles. The minimum absolute atomic E-state index is 0.0387. The van der Waals surface area contributed by atoms with E-state index in [2.05, 4.69) is 5.32 Å². The highest BCUT2D eigenvalue weighted by Crippen LogP contribution is 2.41. The number of benzene rings is 3. The van der Waals surface area contributed by atoms with E-state index in [1.165, 1.54) is 4.90 Å². The quantitative estimate of drug-likeness (QED) is 0.250. The fraction of sp³-hybridized carbons (Fsp3) is 0.294. The molecule has 1 unspecified atom stereocenters. The van der Waals surface area contributed by atoms with Gasteiger partial charge in [0.15, 0.2) is 0 Å². The van der Waals surface area contributed by atoms with Crippen molar-refractivity contribution in [3.8, 4) is 11.1 Å². The average molecular weight is 566 g/mol. The molecule has 0 saturated carbocycles. The molecule has 3 aromatic carbocycles. The minimum atomic E-state index is -1.18. The van der Waals surface area contributed by atoms with Crippen molar-refractivity contribution < 1.29 is 19.5 Å². The highest BCUT2D eigenvalue weighted by Gasteiger charge is 2.36. The molecule has 1 aromatic heterocycles. The van der Waals surface area contributed by atoms with Crippen molar-refractivity contribution >= 4 is 28.7 Å². The number of rotatable bonds is 7. The Morgan fingerprint density at radius 3 is 2.00 bits per heavy atom. The summed E-state index contributed by atoms with van der Waals surface area (Å²) in [4.78, 5) is 53.7. The maximum absolute atomic E-state index is 14.2. The summed E-state index contributed by atoms with van der Waals surface area (Å²) in [6.45, 7) is 10.3. The molecule has 5 rings (SSSR count). The Morgan fingerprint density at radius 2 is 1.45 bits per heavy atom. The number of hydrogen-bond acceptors (Lipinski definition) is 4.